The second-order valence-electron chi connectivity index (χ2n) is 6.58. The summed E-state index contributed by atoms with van der Waals surface area (Å²) in [5.74, 6) is 1.70. The van der Waals surface area contributed by atoms with Gasteiger partial charge in [-0.1, -0.05) is 68.3 Å². The Morgan fingerprint density at radius 2 is 1.25 bits per heavy atom. The van der Waals surface area contributed by atoms with Gasteiger partial charge in [-0.15, -0.1) is 0 Å². The molecule has 0 aromatic heterocycles. The van der Waals surface area contributed by atoms with Crippen molar-refractivity contribution in [3.8, 4) is 22.6 Å². The number of rotatable bonds is 2. The molecule has 1 aliphatic rings. The maximum absolute atomic E-state index is 6.29. The van der Waals surface area contributed by atoms with E-state index in [1.165, 1.54) is 0 Å². The standard InChI is InChI=1S/C24H15Br2NO/c25-18-12-17(13-19(26)15-18)16-10-11-22-24(14-16)28-23-9-5-4-8-21(23)27(22)20-6-2-1-3-7-20/h1-15H. The Labute approximate surface area is 180 Å². The van der Waals surface area contributed by atoms with Crippen molar-refractivity contribution < 1.29 is 4.74 Å². The van der Waals surface area contributed by atoms with Gasteiger partial charge in [-0.25, -0.2) is 0 Å². The van der Waals surface area contributed by atoms with Gasteiger partial charge in [0, 0.05) is 14.6 Å². The van der Waals surface area contributed by atoms with Crippen molar-refractivity contribution in [2.45, 2.75) is 0 Å². The Balaban J connectivity index is 1.67. The lowest BCUT2D eigenvalue weighted by atomic mass is 10.0. The van der Waals surface area contributed by atoms with Crippen LogP contribution in [-0.2, 0) is 0 Å². The highest BCUT2D eigenvalue weighted by Crippen LogP contribution is 2.51. The molecule has 0 bridgehead atoms. The lowest BCUT2D eigenvalue weighted by Gasteiger charge is -2.33. The van der Waals surface area contributed by atoms with Crippen LogP contribution in [-0.4, -0.2) is 0 Å². The van der Waals surface area contributed by atoms with Gasteiger partial charge in [-0.2, -0.15) is 0 Å². The van der Waals surface area contributed by atoms with Gasteiger partial charge in [0.2, 0.25) is 0 Å². The summed E-state index contributed by atoms with van der Waals surface area (Å²) in [5, 5.41) is 0. The van der Waals surface area contributed by atoms with Crippen LogP contribution in [0, 0.1) is 0 Å². The van der Waals surface area contributed by atoms with E-state index in [1.807, 2.05) is 30.3 Å². The third kappa shape index (κ3) is 3.13. The first kappa shape index (κ1) is 17.5. The minimum atomic E-state index is 0.844. The molecular formula is C24H15Br2NO. The van der Waals surface area contributed by atoms with Crippen molar-refractivity contribution in [1.29, 1.82) is 0 Å². The van der Waals surface area contributed by atoms with Crippen LogP contribution in [0.25, 0.3) is 11.1 Å². The fourth-order valence-corrected chi connectivity index (χ4v) is 4.81. The summed E-state index contributed by atoms with van der Waals surface area (Å²) in [6.45, 7) is 0. The number of halogens is 2. The van der Waals surface area contributed by atoms with E-state index in [-0.39, 0.29) is 0 Å². The summed E-state index contributed by atoms with van der Waals surface area (Å²) in [6.07, 6.45) is 0. The highest BCUT2D eigenvalue weighted by atomic mass is 79.9. The van der Waals surface area contributed by atoms with E-state index in [4.69, 9.17) is 4.74 Å². The van der Waals surface area contributed by atoms with Crippen molar-refractivity contribution in [1.82, 2.24) is 0 Å². The number of hydrogen-bond donors (Lipinski definition) is 0. The first-order valence-electron chi connectivity index (χ1n) is 8.92. The van der Waals surface area contributed by atoms with Crippen LogP contribution in [0.4, 0.5) is 17.1 Å². The Hall–Kier alpha value is -2.56. The number of para-hydroxylation sites is 3. The molecule has 0 saturated carbocycles. The Morgan fingerprint density at radius 1 is 0.571 bits per heavy atom. The Morgan fingerprint density at radius 3 is 2.04 bits per heavy atom. The topological polar surface area (TPSA) is 12.5 Å². The van der Waals surface area contributed by atoms with Crippen molar-refractivity contribution in [2.24, 2.45) is 0 Å². The molecule has 0 aliphatic carbocycles. The molecule has 4 heteroatoms. The smallest absolute Gasteiger partial charge is 0.152 e. The van der Waals surface area contributed by atoms with Gasteiger partial charge in [-0.05, 0) is 65.7 Å². The molecule has 0 N–H and O–H groups in total. The first-order chi connectivity index (χ1) is 13.7. The predicted molar refractivity (Wildman–Crippen MR) is 122 cm³/mol. The van der Waals surface area contributed by atoms with Crippen LogP contribution in [0.1, 0.15) is 0 Å². The second-order valence-corrected chi connectivity index (χ2v) is 8.41. The van der Waals surface area contributed by atoms with E-state index in [9.17, 15) is 0 Å². The van der Waals surface area contributed by atoms with E-state index >= 15 is 0 Å². The van der Waals surface area contributed by atoms with E-state index in [0.29, 0.717) is 0 Å². The minimum absolute atomic E-state index is 0.844. The Bertz CT molecular complexity index is 1150. The van der Waals surface area contributed by atoms with Gasteiger partial charge in [0.1, 0.15) is 0 Å². The highest BCUT2D eigenvalue weighted by Gasteiger charge is 2.25. The monoisotopic (exact) mass is 491 g/mol. The number of fused-ring (bicyclic) bond motifs is 2. The Kier molecular flexibility index (Phi) is 4.46. The fraction of sp³-hybridized carbons (Fsp3) is 0. The minimum Gasteiger partial charge on any atom is -0.453 e. The van der Waals surface area contributed by atoms with Gasteiger partial charge in [-0.3, -0.25) is 0 Å². The zero-order chi connectivity index (χ0) is 19.1. The molecule has 0 fully saturated rings. The second kappa shape index (κ2) is 7.12. The van der Waals surface area contributed by atoms with Gasteiger partial charge in [0.15, 0.2) is 11.5 Å². The molecule has 0 unspecified atom stereocenters. The quantitative estimate of drug-likeness (QED) is 0.245. The molecule has 4 aromatic carbocycles. The van der Waals surface area contributed by atoms with Crippen LogP contribution in [0.5, 0.6) is 11.5 Å². The fourth-order valence-electron chi connectivity index (χ4n) is 3.51. The number of nitrogens with zero attached hydrogens (tertiary/aromatic N) is 1. The molecule has 0 saturated heterocycles. The van der Waals surface area contributed by atoms with E-state index in [2.05, 4.69) is 97.4 Å². The highest BCUT2D eigenvalue weighted by molar-refractivity contribution is 9.11. The summed E-state index contributed by atoms with van der Waals surface area (Å²) in [4.78, 5) is 2.24. The maximum Gasteiger partial charge on any atom is 0.152 e. The summed E-state index contributed by atoms with van der Waals surface area (Å²) in [6, 6.07) is 31.1. The van der Waals surface area contributed by atoms with Crippen molar-refractivity contribution in [2.75, 3.05) is 4.90 Å². The van der Waals surface area contributed by atoms with E-state index in [0.717, 1.165) is 48.6 Å². The molecule has 4 aromatic rings. The predicted octanol–water partition coefficient (Wildman–Crippen LogP) is 8.45. The van der Waals surface area contributed by atoms with Crippen molar-refractivity contribution in [3.05, 3.63) is 99.9 Å². The van der Waals surface area contributed by atoms with Crippen LogP contribution in [0.3, 0.4) is 0 Å². The van der Waals surface area contributed by atoms with Gasteiger partial charge in [0.05, 0.1) is 11.4 Å². The zero-order valence-corrected chi connectivity index (χ0v) is 17.9. The molecule has 5 rings (SSSR count). The number of anilines is 3. The molecule has 0 amide bonds. The third-order valence-corrected chi connectivity index (χ3v) is 5.65. The summed E-state index contributed by atoms with van der Waals surface area (Å²) >= 11 is 7.15. The molecule has 136 valence electrons. The molecule has 28 heavy (non-hydrogen) atoms. The SMILES string of the molecule is Brc1cc(Br)cc(-c2ccc3c(c2)Oc2ccccc2N3c2ccccc2)c1. The van der Waals surface area contributed by atoms with Gasteiger partial charge >= 0.3 is 0 Å². The lowest BCUT2D eigenvalue weighted by molar-refractivity contribution is 0.477. The zero-order valence-electron chi connectivity index (χ0n) is 14.8. The van der Waals surface area contributed by atoms with Crippen LogP contribution in [0.15, 0.2) is 99.9 Å². The van der Waals surface area contributed by atoms with Crippen LogP contribution in [0.2, 0.25) is 0 Å². The molecule has 0 atom stereocenters. The molecule has 1 heterocycles. The number of hydrogen-bond acceptors (Lipinski definition) is 2. The normalized spacial score (nSPS) is 12.1. The average molecular weight is 493 g/mol. The van der Waals surface area contributed by atoms with Crippen molar-refractivity contribution >= 4 is 48.9 Å². The summed E-state index contributed by atoms with van der Waals surface area (Å²) < 4.78 is 8.35. The molecule has 0 radical (unpaired) electrons. The molecular weight excluding hydrogens is 478 g/mol. The van der Waals surface area contributed by atoms with Crippen molar-refractivity contribution in [3.63, 3.8) is 0 Å². The average Bonchev–Trinajstić information content (AvgIpc) is 2.71. The number of benzene rings is 4. The van der Waals surface area contributed by atoms with Gasteiger partial charge < -0.3 is 9.64 Å². The molecule has 0 spiro atoms. The molecule has 2 nitrogen and oxygen atoms in total. The van der Waals surface area contributed by atoms with E-state index < -0.39 is 0 Å². The molecule has 1 aliphatic heterocycles. The summed E-state index contributed by atoms with van der Waals surface area (Å²) in [7, 11) is 0. The summed E-state index contributed by atoms with van der Waals surface area (Å²) in [5.41, 5.74) is 5.41. The lowest BCUT2D eigenvalue weighted by Crippen LogP contribution is -2.15. The van der Waals surface area contributed by atoms with Crippen LogP contribution < -0.4 is 9.64 Å². The first-order valence-corrected chi connectivity index (χ1v) is 10.5. The van der Waals surface area contributed by atoms with Gasteiger partial charge in [0.25, 0.3) is 0 Å². The maximum atomic E-state index is 6.29. The third-order valence-electron chi connectivity index (χ3n) is 4.74. The van der Waals surface area contributed by atoms with Crippen LogP contribution >= 0.6 is 31.9 Å². The number of ether oxygens (including phenoxy) is 1. The van der Waals surface area contributed by atoms with E-state index in [1.54, 1.807) is 0 Å². The largest absolute Gasteiger partial charge is 0.453 e.